The minimum atomic E-state index is -0.681. The molecule has 2 aromatic carbocycles. The second-order valence-corrected chi connectivity index (χ2v) is 6.32. The molecular formula is C22H28O3. The molecule has 0 atom stereocenters. The summed E-state index contributed by atoms with van der Waals surface area (Å²) >= 11 is 0. The molecule has 0 radical (unpaired) electrons. The molecule has 0 bridgehead atoms. The first kappa shape index (κ1) is 19.0. The largest absolute Gasteiger partial charge is 0.519 e. The summed E-state index contributed by atoms with van der Waals surface area (Å²) in [5.41, 5.74) is 3.32. The van der Waals surface area contributed by atoms with Crippen LogP contribution in [0.3, 0.4) is 0 Å². The summed E-state index contributed by atoms with van der Waals surface area (Å²) in [6.07, 6.45) is 5.72. The molecule has 134 valence electrons. The van der Waals surface area contributed by atoms with Gasteiger partial charge < -0.3 is 9.47 Å². The summed E-state index contributed by atoms with van der Waals surface area (Å²) in [4.78, 5) is 12.2. The number of rotatable bonds is 8. The van der Waals surface area contributed by atoms with Crippen LogP contribution in [0.2, 0.25) is 0 Å². The first-order valence-electron chi connectivity index (χ1n) is 9.21. The molecule has 0 aliphatic heterocycles. The average Bonchev–Trinajstić information content (AvgIpc) is 2.61. The minimum Gasteiger partial charge on any atom is -0.394 e. The molecule has 0 unspecified atom stereocenters. The number of carbonyl (C=O) groups is 1. The Bertz CT molecular complexity index is 691. The van der Waals surface area contributed by atoms with Gasteiger partial charge in [-0.05, 0) is 61.4 Å². The molecule has 2 aromatic rings. The van der Waals surface area contributed by atoms with Crippen LogP contribution < -0.4 is 9.47 Å². The van der Waals surface area contributed by atoms with E-state index in [1.54, 1.807) is 6.07 Å². The number of ether oxygens (including phenoxy) is 2. The summed E-state index contributed by atoms with van der Waals surface area (Å²) in [5.74, 6) is 1.16. The third-order valence-electron chi connectivity index (χ3n) is 4.29. The molecule has 3 heteroatoms. The first-order chi connectivity index (χ1) is 12.2. The number of hydrogen-bond acceptors (Lipinski definition) is 3. The zero-order chi connectivity index (χ0) is 18.1. The lowest BCUT2D eigenvalue weighted by molar-refractivity contribution is 0.151. The Labute approximate surface area is 151 Å². The molecule has 0 aromatic heterocycles. The van der Waals surface area contributed by atoms with Crippen molar-refractivity contribution in [2.45, 2.75) is 59.3 Å². The Morgan fingerprint density at radius 3 is 2.20 bits per heavy atom. The molecule has 0 heterocycles. The summed E-state index contributed by atoms with van der Waals surface area (Å²) in [7, 11) is 0. The van der Waals surface area contributed by atoms with Crippen LogP contribution in [-0.4, -0.2) is 6.16 Å². The van der Waals surface area contributed by atoms with Crippen molar-refractivity contribution in [1.29, 1.82) is 0 Å². The maximum atomic E-state index is 12.2. The highest BCUT2D eigenvalue weighted by molar-refractivity contribution is 5.68. The Morgan fingerprint density at radius 2 is 1.48 bits per heavy atom. The van der Waals surface area contributed by atoms with E-state index in [1.165, 1.54) is 5.56 Å². The van der Waals surface area contributed by atoms with E-state index in [4.69, 9.17) is 9.47 Å². The number of unbranched alkanes of at least 4 members (excludes halogenated alkanes) is 2. The lowest BCUT2D eigenvalue weighted by Gasteiger charge is -2.15. The molecule has 3 nitrogen and oxygen atoms in total. The molecule has 0 aliphatic rings. The van der Waals surface area contributed by atoms with E-state index in [1.807, 2.05) is 37.3 Å². The van der Waals surface area contributed by atoms with Gasteiger partial charge in [0.05, 0.1) is 0 Å². The Balaban J connectivity index is 2.16. The number of para-hydroxylation sites is 1. The molecule has 25 heavy (non-hydrogen) atoms. The molecule has 0 saturated heterocycles. The van der Waals surface area contributed by atoms with Crippen LogP contribution in [-0.2, 0) is 12.8 Å². The predicted octanol–water partition coefficient (Wildman–Crippen LogP) is 6.26. The van der Waals surface area contributed by atoms with Crippen molar-refractivity contribution in [1.82, 2.24) is 0 Å². The maximum absolute atomic E-state index is 12.2. The van der Waals surface area contributed by atoms with Gasteiger partial charge in [-0.15, -0.1) is 0 Å². The van der Waals surface area contributed by atoms with Gasteiger partial charge in [0.25, 0.3) is 0 Å². The number of carbonyl (C=O) groups excluding carboxylic acids is 1. The maximum Gasteiger partial charge on any atom is 0.519 e. The fourth-order valence-corrected chi connectivity index (χ4v) is 2.82. The van der Waals surface area contributed by atoms with Crippen molar-refractivity contribution in [2.24, 2.45) is 0 Å². The first-order valence-corrected chi connectivity index (χ1v) is 9.21. The Morgan fingerprint density at radius 1 is 0.840 bits per heavy atom. The molecule has 0 fully saturated rings. The Kier molecular flexibility index (Phi) is 7.52. The van der Waals surface area contributed by atoms with Gasteiger partial charge in [-0.3, -0.25) is 0 Å². The van der Waals surface area contributed by atoms with Crippen LogP contribution in [0.15, 0.2) is 42.5 Å². The number of benzene rings is 2. The van der Waals surface area contributed by atoms with Crippen molar-refractivity contribution in [3.63, 3.8) is 0 Å². The van der Waals surface area contributed by atoms with Gasteiger partial charge >= 0.3 is 6.16 Å². The summed E-state index contributed by atoms with van der Waals surface area (Å²) in [6.45, 7) is 6.26. The normalized spacial score (nSPS) is 10.5. The van der Waals surface area contributed by atoms with Crippen LogP contribution in [0.25, 0.3) is 0 Å². The van der Waals surface area contributed by atoms with Crippen LogP contribution in [0.4, 0.5) is 4.79 Å². The number of hydrogen-bond donors (Lipinski definition) is 0. The summed E-state index contributed by atoms with van der Waals surface area (Å²) in [6, 6.07) is 13.4. The highest BCUT2D eigenvalue weighted by Crippen LogP contribution is 2.27. The zero-order valence-electron chi connectivity index (χ0n) is 15.5. The highest BCUT2D eigenvalue weighted by atomic mass is 16.7. The summed E-state index contributed by atoms with van der Waals surface area (Å²) in [5, 5.41) is 0. The van der Waals surface area contributed by atoms with Gasteiger partial charge in [-0.2, -0.15) is 0 Å². The van der Waals surface area contributed by atoms with Crippen molar-refractivity contribution in [2.75, 3.05) is 0 Å². The second kappa shape index (κ2) is 9.87. The van der Waals surface area contributed by atoms with Crippen LogP contribution >= 0.6 is 0 Å². The average molecular weight is 340 g/mol. The summed E-state index contributed by atoms with van der Waals surface area (Å²) < 4.78 is 10.9. The molecule has 0 saturated carbocycles. The van der Waals surface area contributed by atoms with E-state index in [-0.39, 0.29) is 0 Å². The SMILES string of the molecule is CCCCc1cccc(OC(=O)Oc2ccccc2C)c1CCCC. The Hall–Kier alpha value is -2.29. The zero-order valence-corrected chi connectivity index (χ0v) is 15.5. The molecule has 0 aliphatic carbocycles. The van der Waals surface area contributed by atoms with Gasteiger partial charge in [-0.25, -0.2) is 4.79 Å². The molecule has 2 rings (SSSR count). The van der Waals surface area contributed by atoms with E-state index in [0.29, 0.717) is 11.5 Å². The van der Waals surface area contributed by atoms with Crippen LogP contribution in [0.5, 0.6) is 11.5 Å². The fourth-order valence-electron chi connectivity index (χ4n) is 2.82. The van der Waals surface area contributed by atoms with Crippen molar-refractivity contribution in [3.05, 3.63) is 59.2 Å². The van der Waals surface area contributed by atoms with Crippen molar-refractivity contribution >= 4 is 6.16 Å². The fraction of sp³-hybridized carbons (Fsp3) is 0.409. The van der Waals surface area contributed by atoms with Gasteiger partial charge in [0, 0.05) is 0 Å². The molecule has 0 spiro atoms. The quantitative estimate of drug-likeness (QED) is 0.420. The van der Waals surface area contributed by atoms with E-state index in [9.17, 15) is 4.79 Å². The van der Waals surface area contributed by atoms with E-state index in [2.05, 4.69) is 19.9 Å². The van der Waals surface area contributed by atoms with E-state index >= 15 is 0 Å². The van der Waals surface area contributed by atoms with Crippen LogP contribution in [0.1, 0.15) is 56.2 Å². The monoisotopic (exact) mass is 340 g/mol. The molecular weight excluding hydrogens is 312 g/mol. The van der Waals surface area contributed by atoms with Gasteiger partial charge in [0.15, 0.2) is 0 Å². The predicted molar refractivity (Wildman–Crippen MR) is 101 cm³/mol. The van der Waals surface area contributed by atoms with Crippen LogP contribution in [0, 0.1) is 6.92 Å². The van der Waals surface area contributed by atoms with Gasteiger partial charge in [0.1, 0.15) is 11.5 Å². The number of aryl methyl sites for hydroxylation is 2. The molecule has 0 N–H and O–H groups in total. The highest BCUT2D eigenvalue weighted by Gasteiger charge is 2.15. The standard InChI is InChI=1S/C22H28O3/c1-4-6-12-18-13-10-16-21(19(18)14-7-5-2)25-22(23)24-20-15-9-8-11-17(20)3/h8-11,13,15-16H,4-7,12,14H2,1-3H3. The van der Waals surface area contributed by atoms with Gasteiger partial charge in [-0.1, -0.05) is 57.0 Å². The van der Waals surface area contributed by atoms with Gasteiger partial charge in [0.2, 0.25) is 0 Å². The van der Waals surface area contributed by atoms with E-state index in [0.717, 1.165) is 49.7 Å². The molecule has 0 amide bonds. The second-order valence-electron chi connectivity index (χ2n) is 6.32. The smallest absolute Gasteiger partial charge is 0.394 e. The minimum absolute atomic E-state index is 0.532. The lowest BCUT2D eigenvalue weighted by Crippen LogP contribution is -2.16. The van der Waals surface area contributed by atoms with Crippen molar-refractivity contribution < 1.29 is 14.3 Å². The third-order valence-corrected chi connectivity index (χ3v) is 4.29. The topological polar surface area (TPSA) is 35.5 Å². The van der Waals surface area contributed by atoms with E-state index < -0.39 is 6.16 Å². The lowest BCUT2D eigenvalue weighted by atomic mass is 9.97. The van der Waals surface area contributed by atoms with Crippen molar-refractivity contribution in [3.8, 4) is 11.5 Å². The third kappa shape index (κ3) is 5.63.